The Morgan fingerprint density at radius 2 is 1.73 bits per heavy atom. The average Bonchev–Trinajstić information content (AvgIpc) is 2.20. The van der Waals surface area contributed by atoms with E-state index in [2.05, 4.69) is 6.92 Å². The standard InChI is InChI=1S/C13H18O2/c1-2-3-4-5-11-6-8-12(9-7-11)10-13(14)15/h6-9H,2-5,10H2,1H3,(H,14,15)/p-1. The van der Waals surface area contributed by atoms with Gasteiger partial charge in [0, 0.05) is 12.4 Å². The lowest BCUT2D eigenvalue weighted by Crippen LogP contribution is -2.24. The summed E-state index contributed by atoms with van der Waals surface area (Å²) in [5.41, 5.74) is 2.10. The monoisotopic (exact) mass is 205 g/mol. The highest BCUT2D eigenvalue weighted by molar-refractivity contribution is 5.67. The molecule has 0 amide bonds. The fourth-order valence-corrected chi connectivity index (χ4v) is 1.57. The molecule has 0 bridgehead atoms. The molecule has 82 valence electrons. The van der Waals surface area contributed by atoms with Crippen molar-refractivity contribution in [1.82, 2.24) is 0 Å². The molecule has 0 saturated heterocycles. The van der Waals surface area contributed by atoms with Gasteiger partial charge in [0.1, 0.15) is 0 Å². The maximum absolute atomic E-state index is 10.4. The summed E-state index contributed by atoms with van der Waals surface area (Å²) >= 11 is 0. The van der Waals surface area contributed by atoms with E-state index in [0.717, 1.165) is 12.0 Å². The molecule has 0 fully saturated rings. The van der Waals surface area contributed by atoms with Crippen LogP contribution in [0.2, 0.25) is 0 Å². The number of carbonyl (C=O) groups excluding carboxylic acids is 1. The maximum atomic E-state index is 10.4. The Labute approximate surface area is 90.9 Å². The van der Waals surface area contributed by atoms with Gasteiger partial charge in [0.2, 0.25) is 0 Å². The van der Waals surface area contributed by atoms with Crippen molar-refractivity contribution in [3.63, 3.8) is 0 Å². The van der Waals surface area contributed by atoms with Gasteiger partial charge in [-0.05, 0) is 24.0 Å². The first-order chi connectivity index (χ1) is 7.22. The normalized spacial score (nSPS) is 10.2. The number of hydrogen-bond acceptors (Lipinski definition) is 2. The largest absolute Gasteiger partial charge is 0.550 e. The predicted octanol–water partition coefficient (Wildman–Crippen LogP) is 1.71. The van der Waals surface area contributed by atoms with Crippen LogP contribution in [0.25, 0.3) is 0 Å². The summed E-state index contributed by atoms with van der Waals surface area (Å²) in [5, 5.41) is 10.4. The second kappa shape index (κ2) is 6.23. The van der Waals surface area contributed by atoms with Crippen molar-refractivity contribution >= 4 is 5.97 Å². The topological polar surface area (TPSA) is 40.1 Å². The third kappa shape index (κ3) is 4.63. The van der Waals surface area contributed by atoms with Crippen LogP contribution >= 0.6 is 0 Å². The Bertz CT molecular complexity index is 301. The van der Waals surface area contributed by atoms with Crippen molar-refractivity contribution in [3.8, 4) is 0 Å². The van der Waals surface area contributed by atoms with E-state index < -0.39 is 5.97 Å². The third-order valence-corrected chi connectivity index (χ3v) is 2.44. The molecule has 1 aromatic rings. The highest BCUT2D eigenvalue weighted by Gasteiger charge is 1.95. The molecular formula is C13H17O2-. The second-order valence-corrected chi connectivity index (χ2v) is 3.82. The van der Waals surface area contributed by atoms with Crippen LogP contribution < -0.4 is 5.11 Å². The summed E-state index contributed by atoms with van der Waals surface area (Å²) in [7, 11) is 0. The number of aryl methyl sites for hydroxylation is 1. The summed E-state index contributed by atoms with van der Waals surface area (Å²) in [6, 6.07) is 7.76. The zero-order chi connectivity index (χ0) is 11.1. The highest BCUT2D eigenvalue weighted by atomic mass is 16.4. The SMILES string of the molecule is CCCCCc1ccc(CC(=O)[O-])cc1. The van der Waals surface area contributed by atoms with E-state index in [9.17, 15) is 9.90 Å². The quantitative estimate of drug-likeness (QED) is 0.663. The van der Waals surface area contributed by atoms with Crippen LogP contribution in [0.4, 0.5) is 0 Å². The van der Waals surface area contributed by atoms with Gasteiger partial charge in [0.25, 0.3) is 0 Å². The summed E-state index contributed by atoms with van der Waals surface area (Å²) in [4.78, 5) is 10.4. The average molecular weight is 205 g/mol. The van der Waals surface area contributed by atoms with Crippen molar-refractivity contribution < 1.29 is 9.90 Å². The van der Waals surface area contributed by atoms with Gasteiger partial charge in [-0.15, -0.1) is 0 Å². The molecule has 0 saturated carbocycles. The number of carboxylic acids is 1. The highest BCUT2D eigenvalue weighted by Crippen LogP contribution is 2.09. The van der Waals surface area contributed by atoms with E-state index in [1.54, 1.807) is 0 Å². The molecule has 0 aliphatic carbocycles. The Kier molecular flexibility index (Phi) is 4.88. The van der Waals surface area contributed by atoms with E-state index in [0.29, 0.717) is 0 Å². The molecule has 2 heteroatoms. The molecule has 0 spiro atoms. The van der Waals surface area contributed by atoms with Gasteiger partial charge in [0.05, 0.1) is 0 Å². The number of hydrogen-bond donors (Lipinski definition) is 0. The van der Waals surface area contributed by atoms with Crippen LogP contribution in [-0.4, -0.2) is 5.97 Å². The first-order valence-corrected chi connectivity index (χ1v) is 5.50. The fraction of sp³-hybridized carbons (Fsp3) is 0.462. The molecule has 0 N–H and O–H groups in total. The minimum absolute atomic E-state index is 0.00917. The van der Waals surface area contributed by atoms with E-state index in [4.69, 9.17) is 0 Å². The van der Waals surface area contributed by atoms with Crippen molar-refractivity contribution in [2.75, 3.05) is 0 Å². The third-order valence-electron chi connectivity index (χ3n) is 2.44. The molecule has 1 rings (SSSR count). The lowest BCUT2D eigenvalue weighted by Gasteiger charge is -2.04. The van der Waals surface area contributed by atoms with Gasteiger partial charge in [-0.2, -0.15) is 0 Å². The molecule has 0 aromatic heterocycles. The molecule has 0 radical (unpaired) electrons. The van der Waals surface area contributed by atoms with E-state index >= 15 is 0 Å². The summed E-state index contributed by atoms with van der Waals surface area (Å²) < 4.78 is 0. The van der Waals surface area contributed by atoms with Crippen LogP contribution in [0.3, 0.4) is 0 Å². The van der Waals surface area contributed by atoms with Crippen LogP contribution in [0.5, 0.6) is 0 Å². The first-order valence-electron chi connectivity index (χ1n) is 5.50. The van der Waals surface area contributed by atoms with E-state index in [-0.39, 0.29) is 6.42 Å². The van der Waals surface area contributed by atoms with Crippen LogP contribution in [-0.2, 0) is 17.6 Å². The minimum atomic E-state index is -1.02. The van der Waals surface area contributed by atoms with Gasteiger partial charge in [-0.25, -0.2) is 0 Å². The molecule has 0 atom stereocenters. The smallest absolute Gasteiger partial charge is 0.0458 e. The lowest BCUT2D eigenvalue weighted by atomic mass is 10.0. The van der Waals surface area contributed by atoms with E-state index in [1.165, 1.54) is 24.8 Å². The molecular weight excluding hydrogens is 188 g/mol. The number of carbonyl (C=O) groups is 1. The Hall–Kier alpha value is -1.31. The fourth-order valence-electron chi connectivity index (χ4n) is 1.57. The Morgan fingerprint density at radius 1 is 1.13 bits per heavy atom. The first kappa shape index (κ1) is 11.8. The molecule has 0 unspecified atom stereocenters. The second-order valence-electron chi connectivity index (χ2n) is 3.82. The van der Waals surface area contributed by atoms with Gasteiger partial charge in [0.15, 0.2) is 0 Å². The predicted molar refractivity (Wildman–Crippen MR) is 58.4 cm³/mol. The van der Waals surface area contributed by atoms with Gasteiger partial charge in [-0.3, -0.25) is 0 Å². The number of benzene rings is 1. The zero-order valence-electron chi connectivity index (χ0n) is 9.16. The van der Waals surface area contributed by atoms with Gasteiger partial charge >= 0.3 is 0 Å². The van der Waals surface area contributed by atoms with Crippen molar-refractivity contribution in [3.05, 3.63) is 35.4 Å². The Morgan fingerprint density at radius 3 is 2.27 bits per heavy atom. The van der Waals surface area contributed by atoms with Crippen molar-refractivity contribution in [2.24, 2.45) is 0 Å². The Balaban J connectivity index is 2.45. The van der Waals surface area contributed by atoms with E-state index in [1.807, 2.05) is 24.3 Å². The van der Waals surface area contributed by atoms with Crippen LogP contribution in [0.1, 0.15) is 37.3 Å². The van der Waals surface area contributed by atoms with Crippen LogP contribution in [0.15, 0.2) is 24.3 Å². The van der Waals surface area contributed by atoms with Gasteiger partial charge in [-0.1, -0.05) is 44.0 Å². The molecule has 1 aromatic carbocycles. The molecule has 15 heavy (non-hydrogen) atoms. The number of aliphatic carboxylic acids is 1. The van der Waals surface area contributed by atoms with Crippen LogP contribution in [0, 0.1) is 0 Å². The van der Waals surface area contributed by atoms with Gasteiger partial charge < -0.3 is 9.90 Å². The molecule has 2 nitrogen and oxygen atoms in total. The number of unbranched alkanes of at least 4 members (excludes halogenated alkanes) is 2. The molecule has 0 aliphatic heterocycles. The number of rotatable bonds is 6. The minimum Gasteiger partial charge on any atom is -0.550 e. The zero-order valence-corrected chi connectivity index (χ0v) is 9.16. The summed E-state index contributed by atoms with van der Waals surface area (Å²) in [5.74, 6) is -1.02. The van der Waals surface area contributed by atoms with Crippen molar-refractivity contribution in [2.45, 2.75) is 39.0 Å². The summed E-state index contributed by atoms with van der Waals surface area (Å²) in [6.07, 6.45) is 4.77. The lowest BCUT2D eigenvalue weighted by molar-refractivity contribution is -0.304. The van der Waals surface area contributed by atoms with Crippen molar-refractivity contribution in [1.29, 1.82) is 0 Å². The summed E-state index contributed by atoms with van der Waals surface area (Å²) in [6.45, 7) is 2.18. The maximum Gasteiger partial charge on any atom is 0.0458 e. The molecule has 0 aliphatic rings. The number of carboxylic acid groups (broad SMARTS) is 1. The molecule has 0 heterocycles.